The minimum absolute atomic E-state index is 0.449. The van der Waals surface area contributed by atoms with Crippen LogP contribution in [0.15, 0.2) is 59.1 Å². The number of rotatable bonds is 1. The third kappa shape index (κ3) is 2.86. The number of halogens is 1. The average Bonchev–Trinajstić information content (AvgIpc) is 2.53. The molecule has 0 bridgehead atoms. The Kier molecular flexibility index (Phi) is 3.71. The lowest BCUT2D eigenvalue weighted by Crippen LogP contribution is -2.45. The molecule has 0 spiro atoms. The number of hydrogen-bond acceptors (Lipinski definition) is 2. The first-order valence-electron chi connectivity index (χ1n) is 8.49. The molecule has 25 heavy (non-hydrogen) atoms. The van der Waals surface area contributed by atoms with Gasteiger partial charge in [0.05, 0.1) is 0 Å². The molecule has 2 nitrogen and oxygen atoms in total. The maximum absolute atomic E-state index is 11.8. The fraction of sp³-hybridized carbons (Fsp3) is 0.273. The summed E-state index contributed by atoms with van der Waals surface area (Å²) in [5.41, 5.74) is 1.41. The summed E-state index contributed by atoms with van der Waals surface area (Å²) in [5.74, 6) is 0.758. The van der Waals surface area contributed by atoms with Crippen LogP contribution in [-0.4, -0.2) is 10.7 Å². The maximum atomic E-state index is 11.8. The van der Waals surface area contributed by atoms with Gasteiger partial charge in [-0.3, -0.25) is 0 Å². The predicted octanol–water partition coefficient (Wildman–Crippen LogP) is 5.71. The average molecular weight is 397 g/mol. The summed E-state index contributed by atoms with van der Waals surface area (Å²) in [4.78, 5) is 0. The van der Waals surface area contributed by atoms with Gasteiger partial charge in [0.25, 0.3) is 0 Å². The molecule has 3 heteroatoms. The van der Waals surface area contributed by atoms with E-state index in [1.54, 1.807) is 0 Å². The van der Waals surface area contributed by atoms with Crippen LogP contribution >= 0.6 is 15.9 Å². The lowest BCUT2D eigenvalue weighted by molar-refractivity contribution is -0.0377. The quantitative estimate of drug-likeness (QED) is 0.570. The first-order chi connectivity index (χ1) is 11.8. The van der Waals surface area contributed by atoms with Crippen molar-refractivity contribution in [2.24, 2.45) is 0 Å². The van der Waals surface area contributed by atoms with Crippen LogP contribution in [0, 0.1) is 6.92 Å². The summed E-state index contributed by atoms with van der Waals surface area (Å²) in [7, 11) is 0. The standard InChI is InChI=1S/C22H21BrO2/c1-14-4-7-17(8-5-14)22(24)13-21(2,3)25-20-12-15-6-9-18(23)10-16(15)11-19(20)22/h4-12,24H,13H2,1-3H3. The molecule has 1 atom stereocenters. The maximum Gasteiger partial charge on any atom is 0.127 e. The normalized spacial score (nSPS) is 21.6. The fourth-order valence-electron chi connectivity index (χ4n) is 3.79. The zero-order valence-corrected chi connectivity index (χ0v) is 16.2. The Labute approximate surface area is 156 Å². The molecule has 4 rings (SSSR count). The monoisotopic (exact) mass is 396 g/mol. The van der Waals surface area contributed by atoms with Gasteiger partial charge in [-0.05, 0) is 61.4 Å². The Morgan fingerprint density at radius 3 is 2.40 bits per heavy atom. The van der Waals surface area contributed by atoms with Crippen molar-refractivity contribution in [3.63, 3.8) is 0 Å². The van der Waals surface area contributed by atoms with E-state index in [0.29, 0.717) is 6.42 Å². The number of fused-ring (bicyclic) bond motifs is 2. The van der Waals surface area contributed by atoms with Crippen molar-refractivity contribution in [2.45, 2.75) is 38.4 Å². The smallest absolute Gasteiger partial charge is 0.127 e. The van der Waals surface area contributed by atoms with Crippen LogP contribution in [0.25, 0.3) is 10.8 Å². The van der Waals surface area contributed by atoms with E-state index < -0.39 is 11.2 Å². The van der Waals surface area contributed by atoms with Gasteiger partial charge in [-0.2, -0.15) is 0 Å². The first-order valence-corrected chi connectivity index (χ1v) is 9.29. The molecule has 1 N–H and O–H groups in total. The van der Waals surface area contributed by atoms with E-state index in [0.717, 1.165) is 32.1 Å². The molecule has 0 fully saturated rings. The van der Waals surface area contributed by atoms with Gasteiger partial charge in [-0.15, -0.1) is 0 Å². The highest BCUT2D eigenvalue weighted by Gasteiger charge is 2.45. The van der Waals surface area contributed by atoms with Crippen LogP contribution in [0.5, 0.6) is 5.75 Å². The molecule has 1 aliphatic rings. The SMILES string of the molecule is Cc1ccc(C2(O)CC(C)(C)Oc3cc4ccc(Br)cc4cc32)cc1. The van der Waals surface area contributed by atoms with Crippen LogP contribution < -0.4 is 4.74 Å². The molecule has 1 aliphatic heterocycles. The zero-order valence-electron chi connectivity index (χ0n) is 14.6. The Balaban J connectivity index is 1.98. The highest BCUT2D eigenvalue weighted by molar-refractivity contribution is 9.10. The summed E-state index contributed by atoms with van der Waals surface area (Å²) in [6.07, 6.45) is 0.509. The Morgan fingerprint density at radius 1 is 0.960 bits per heavy atom. The van der Waals surface area contributed by atoms with Gasteiger partial charge in [0.1, 0.15) is 17.0 Å². The lowest BCUT2D eigenvalue weighted by Gasteiger charge is -2.43. The third-order valence-electron chi connectivity index (χ3n) is 4.94. The molecule has 1 unspecified atom stereocenters. The van der Waals surface area contributed by atoms with Crippen molar-refractivity contribution >= 4 is 26.7 Å². The van der Waals surface area contributed by atoms with E-state index in [4.69, 9.17) is 4.74 Å². The molecule has 3 aromatic rings. The Morgan fingerprint density at radius 2 is 1.68 bits per heavy atom. The number of aryl methyl sites for hydroxylation is 1. The van der Waals surface area contributed by atoms with Crippen molar-refractivity contribution in [3.05, 3.63) is 75.8 Å². The van der Waals surface area contributed by atoms with Gasteiger partial charge < -0.3 is 9.84 Å². The van der Waals surface area contributed by atoms with Crippen molar-refractivity contribution in [3.8, 4) is 5.75 Å². The van der Waals surface area contributed by atoms with Gasteiger partial charge in [0, 0.05) is 16.5 Å². The van der Waals surface area contributed by atoms with Crippen LogP contribution in [0.1, 0.15) is 37.0 Å². The minimum Gasteiger partial charge on any atom is -0.487 e. The molecule has 1 heterocycles. The van der Waals surface area contributed by atoms with Crippen molar-refractivity contribution in [1.82, 2.24) is 0 Å². The van der Waals surface area contributed by atoms with E-state index in [-0.39, 0.29) is 0 Å². The Bertz CT molecular complexity index is 960. The molecule has 3 aromatic carbocycles. The molecule has 0 aliphatic carbocycles. The van der Waals surface area contributed by atoms with E-state index in [1.165, 1.54) is 5.56 Å². The van der Waals surface area contributed by atoms with Crippen molar-refractivity contribution in [1.29, 1.82) is 0 Å². The minimum atomic E-state index is -1.07. The molecular weight excluding hydrogens is 376 g/mol. The zero-order chi connectivity index (χ0) is 17.8. The predicted molar refractivity (Wildman–Crippen MR) is 105 cm³/mol. The van der Waals surface area contributed by atoms with Gasteiger partial charge in [0.15, 0.2) is 0 Å². The van der Waals surface area contributed by atoms with E-state index in [1.807, 2.05) is 50.2 Å². The molecule has 0 radical (unpaired) electrons. The van der Waals surface area contributed by atoms with Crippen LogP contribution in [-0.2, 0) is 5.60 Å². The molecule has 0 aromatic heterocycles. The van der Waals surface area contributed by atoms with Crippen LogP contribution in [0.3, 0.4) is 0 Å². The van der Waals surface area contributed by atoms with Gasteiger partial charge >= 0.3 is 0 Å². The second-order valence-electron chi connectivity index (χ2n) is 7.60. The van der Waals surface area contributed by atoms with Crippen molar-refractivity contribution < 1.29 is 9.84 Å². The van der Waals surface area contributed by atoms with Crippen molar-refractivity contribution in [2.75, 3.05) is 0 Å². The summed E-state index contributed by atoms with van der Waals surface area (Å²) >= 11 is 3.53. The highest BCUT2D eigenvalue weighted by Crippen LogP contribution is 2.48. The molecule has 0 saturated heterocycles. The summed E-state index contributed by atoms with van der Waals surface area (Å²) in [6.45, 7) is 6.11. The summed E-state index contributed by atoms with van der Waals surface area (Å²) in [6, 6.07) is 18.4. The van der Waals surface area contributed by atoms with Gasteiger partial charge in [-0.1, -0.05) is 51.8 Å². The number of benzene rings is 3. The second kappa shape index (κ2) is 5.58. The highest BCUT2D eigenvalue weighted by atomic mass is 79.9. The second-order valence-corrected chi connectivity index (χ2v) is 8.52. The number of ether oxygens (including phenoxy) is 1. The molecule has 0 amide bonds. The fourth-order valence-corrected chi connectivity index (χ4v) is 4.17. The van der Waals surface area contributed by atoms with E-state index >= 15 is 0 Å². The third-order valence-corrected chi connectivity index (χ3v) is 5.44. The molecule has 0 saturated carbocycles. The Hall–Kier alpha value is -1.84. The molecular formula is C22H21BrO2. The van der Waals surface area contributed by atoms with E-state index in [9.17, 15) is 5.11 Å². The van der Waals surface area contributed by atoms with E-state index in [2.05, 4.69) is 41.1 Å². The topological polar surface area (TPSA) is 29.5 Å². The summed E-state index contributed by atoms with van der Waals surface area (Å²) in [5, 5.41) is 13.9. The van der Waals surface area contributed by atoms with Crippen LogP contribution in [0.2, 0.25) is 0 Å². The summed E-state index contributed by atoms with van der Waals surface area (Å²) < 4.78 is 7.25. The van der Waals surface area contributed by atoms with Gasteiger partial charge in [0.2, 0.25) is 0 Å². The number of hydrogen-bond donors (Lipinski definition) is 1. The number of aliphatic hydroxyl groups is 1. The molecule has 128 valence electrons. The van der Waals surface area contributed by atoms with Crippen LogP contribution in [0.4, 0.5) is 0 Å². The van der Waals surface area contributed by atoms with Gasteiger partial charge in [-0.25, -0.2) is 0 Å². The lowest BCUT2D eigenvalue weighted by atomic mass is 9.75. The largest absolute Gasteiger partial charge is 0.487 e. The first kappa shape index (κ1) is 16.6.